The molecular formula is C18H11Cl2N5O. The predicted octanol–water partition coefficient (Wildman–Crippen LogP) is 4.65. The Kier molecular flexibility index (Phi) is 5.32. The highest BCUT2D eigenvalue weighted by molar-refractivity contribution is 6.39. The van der Waals surface area contributed by atoms with Crippen molar-refractivity contribution in [1.82, 2.24) is 10.2 Å². The molecule has 8 heteroatoms. The summed E-state index contributed by atoms with van der Waals surface area (Å²) in [5.74, 6) is -0.0436. The quantitative estimate of drug-likeness (QED) is 0.683. The largest absolute Gasteiger partial charge is 0.339 e. The molecular weight excluding hydrogens is 373 g/mol. The average Bonchev–Trinajstić information content (AvgIpc) is 2.65. The van der Waals surface area contributed by atoms with Crippen LogP contribution in [0.25, 0.3) is 0 Å². The predicted molar refractivity (Wildman–Crippen MR) is 101 cm³/mol. The molecule has 2 aromatic carbocycles. The number of aromatic nitrogens is 2. The van der Waals surface area contributed by atoms with E-state index in [1.807, 2.05) is 0 Å². The maximum absolute atomic E-state index is 12.3. The van der Waals surface area contributed by atoms with E-state index in [9.17, 15) is 4.79 Å². The van der Waals surface area contributed by atoms with Crippen LogP contribution in [0.3, 0.4) is 0 Å². The van der Waals surface area contributed by atoms with Crippen molar-refractivity contribution < 1.29 is 4.79 Å². The van der Waals surface area contributed by atoms with Crippen LogP contribution in [0, 0.1) is 11.3 Å². The van der Waals surface area contributed by atoms with E-state index in [4.69, 9.17) is 28.5 Å². The molecule has 2 N–H and O–H groups in total. The molecule has 0 aliphatic carbocycles. The van der Waals surface area contributed by atoms with Gasteiger partial charge in [-0.25, -0.2) is 0 Å². The Morgan fingerprint density at radius 3 is 2.38 bits per heavy atom. The summed E-state index contributed by atoms with van der Waals surface area (Å²) in [7, 11) is 0. The number of nitrogens with zero attached hydrogens (tertiary/aromatic N) is 3. The van der Waals surface area contributed by atoms with Crippen molar-refractivity contribution in [3.8, 4) is 6.07 Å². The number of amides is 1. The van der Waals surface area contributed by atoms with E-state index in [0.29, 0.717) is 32.8 Å². The first-order chi connectivity index (χ1) is 12.6. The molecule has 0 fully saturated rings. The van der Waals surface area contributed by atoms with Crippen molar-refractivity contribution >= 4 is 46.3 Å². The van der Waals surface area contributed by atoms with E-state index in [2.05, 4.69) is 26.9 Å². The Balaban J connectivity index is 1.73. The second kappa shape index (κ2) is 7.83. The van der Waals surface area contributed by atoms with Crippen molar-refractivity contribution in [3.05, 3.63) is 75.9 Å². The van der Waals surface area contributed by atoms with E-state index in [0.717, 1.165) is 0 Å². The van der Waals surface area contributed by atoms with Gasteiger partial charge in [0.2, 0.25) is 0 Å². The average molecular weight is 384 g/mol. The van der Waals surface area contributed by atoms with Gasteiger partial charge >= 0.3 is 0 Å². The van der Waals surface area contributed by atoms with Gasteiger partial charge in [0.15, 0.2) is 11.5 Å². The lowest BCUT2D eigenvalue weighted by molar-refractivity contribution is 0.102. The SMILES string of the molecule is N#Cc1cccc(Nc2ccc(C(=O)Nc3c(Cl)cccc3Cl)nn2)c1. The first kappa shape index (κ1) is 17.7. The van der Waals surface area contributed by atoms with Gasteiger partial charge in [0.25, 0.3) is 5.91 Å². The highest BCUT2D eigenvalue weighted by Crippen LogP contribution is 2.30. The van der Waals surface area contributed by atoms with Crippen molar-refractivity contribution in [2.45, 2.75) is 0 Å². The number of carbonyl (C=O) groups is 1. The molecule has 0 saturated heterocycles. The van der Waals surface area contributed by atoms with Gasteiger partial charge in [0, 0.05) is 5.69 Å². The van der Waals surface area contributed by atoms with Crippen molar-refractivity contribution in [2.75, 3.05) is 10.6 Å². The first-order valence-electron chi connectivity index (χ1n) is 7.43. The zero-order chi connectivity index (χ0) is 18.5. The van der Waals surface area contributed by atoms with E-state index < -0.39 is 5.91 Å². The van der Waals surface area contributed by atoms with Crippen LogP contribution in [-0.4, -0.2) is 16.1 Å². The maximum atomic E-state index is 12.3. The summed E-state index contributed by atoms with van der Waals surface area (Å²) < 4.78 is 0. The summed E-state index contributed by atoms with van der Waals surface area (Å²) in [5, 5.41) is 23.1. The van der Waals surface area contributed by atoms with Gasteiger partial charge in [0.1, 0.15) is 0 Å². The number of nitrogens with one attached hydrogen (secondary N) is 2. The van der Waals surface area contributed by atoms with Crippen molar-refractivity contribution in [3.63, 3.8) is 0 Å². The Morgan fingerprint density at radius 1 is 1.00 bits per heavy atom. The van der Waals surface area contributed by atoms with Gasteiger partial charge in [-0.1, -0.05) is 35.3 Å². The second-order valence-corrected chi connectivity index (χ2v) is 5.99. The summed E-state index contributed by atoms with van der Waals surface area (Å²) >= 11 is 12.1. The van der Waals surface area contributed by atoms with E-state index in [1.54, 1.807) is 48.5 Å². The molecule has 26 heavy (non-hydrogen) atoms. The Bertz CT molecular complexity index is 979. The van der Waals surface area contributed by atoms with Crippen LogP contribution in [0.2, 0.25) is 10.0 Å². The molecule has 0 saturated carbocycles. The zero-order valence-electron chi connectivity index (χ0n) is 13.2. The third kappa shape index (κ3) is 4.09. The van der Waals surface area contributed by atoms with Gasteiger partial charge in [0.05, 0.1) is 27.4 Å². The summed E-state index contributed by atoms with van der Waals surface area (Å²) in [6.07, 6.45) is 0. The van der Waals surface area contributed by atoms with Crippen LogP contribution in [-0.2, 0) is 0 Å². The van der Waals surface area contributed by atoms with Gasteiger partial charge in [-0.3, -0.25) is 4.79 Å². The number of hydrogen-bond acceptors (Lipinski definition) is 5. The van der Waals surface area contributed by atoms with Crippen LogP contribution < -0.4 is 10.6 Å². The van der Waals surface area contributed by atoms with Gasteiger partial charge in [-0.2, -0.15) is 5.26 Å². The molecule has 1 aromatic heterocycles. The van der Waals surface area contributed by atoms with E-state index in [-0.39, 0.29) is 5.69 Å². The Morgan fingerprint density at radius 2 is 1.73 bits per heavy atom. The zero-order valence-corrected chi connectivity index (χ0v) is 14.7. The molecule has 0 unspecified atom stereocenters. The Hall–Kier alpha value is -3.14. The number of para-hydroxylation sites is 1. The molecule has 128 valence electrons. The fourth-order valence-corrected chi connectivity index (χ4v) is 2.62. The minimum Gasteiger partial charge on any atom is -0.339 e. The number of benzene rings is 2. The summed E-state index contributed by atoms with van der Waals surface area (Å²) in [4.78, 5) is 12.3. The maximum Gasteiger partial charge on any atom is 0.276 e. The third-order valence-corrected chi connectivity index (χ3v) is 3.99. The lowest BCUT2D eigenvalue weighted by Crippen LogP contribution is -2.15. The molecule has 0 aliphatic rings. The summed E-state index contributed by atoms with van der Waals surface area (Å²) in [5.41, 5.74) is 1.64. The van der Waals surface area contributed by atoms with Crippen LogP contribution in [0.1, 0.15) is 16.1 Å². The van der Waals surface area contributed by atoms with Gasteiger partial charge < -0.3 is 10.6 Å². The van der Waals surface area contributed by atoms with E-state index in [1.165, 1.54) is 6.07 Å². The molecule has 0 aliphatic heterocycles. The number of hydrogen-bond donors (Lipinski definition) is 2. The van der Waals surface area contributed by atoms with Crippen LogP contribution in [0.5, 0.6) is 0 Å². The van der Waals surface area contributed by atoms with Crippen LogP contribution >= 0.6 is 23.2 Å². The number of rotatable bonds is 4. The molecule has 0 spiro atoms. The summed E-state index contributed by atoms with van der Waals surface area (Å²) in [6.45, 7) is 0. The number of nitriles is 1. The second-order valence-electron chi connectivity index (χ2n) is 5.17. The highest BCUT2D eigenvalue weighted by atomic mass is 35.5. The lowest BCUT2D eigenvalue weighted by Gasteiger charge is -2.09. The van der Waals surface area contributed by atoms with Gasteiger partial charge in [-0.15, -0.1) is 10.2 Å². The molecule has 3 rings (SSSR count). The first-order valence-corrected chi connectivity index (χ1v) is 8.18. The Labute approximate surface area is 159 Å². The molecule has 1 heterocycles. The fraction of sp³-hybridized carbons (Fsp3) is 0. The highest BCUT2D eigenvalue weighted by Gasteiger charge is 2.13. The fourth-order valence-electron chi connectivity index (χ4n) is 2.13. The minimum absolute atomic E-state index is 0.109. The van der Waals surface area contributed by atoms with Crippen molar-refractivity contribution in [2.24, 2.45) is 0 Å². The number of anilines is 3. The molecule has 1 amide bonds. The van der Waals surface area contributed by atoms with Crippen LogP contribution in [0.15, 0.2) is 54.6 Å². The topological polar surface area (TPSA) is 90.7 Å². The smallest absolute Gasteiger partial charge is 0.276 e. The van der Waals surface area contributed by atoms with Crippen LogP contribution in [0.4, 0.5) is 17.2 Å². The lowest BCUT2D eigenvalue weighted by atomic mass is 10.2. The monoisotopic (exact) mass is 383 g/mol. The number of halogens is 2. The number of carbonyl (C=O) groups excluding carboxylic acids is 1. The molecule has 0 bridgehead atoms. The van der Waals surface area contributed by atoms with Gasteiger partial charge in [-0.05, 0) is 42.5 Å². The molecule has 3 aromatic rings. The minimum atomic E-state index is -0.481. The third-order valence-electron chi connectivity index (χ3n) is 3.36. The molecule has 0 radical (unpaired) electrons. The normalized spacial score (nSPS) is 10.0. The van der Waals surface area contributed by atoms with Crippen molar-refractivity contribution in [1.29, 1.82) is 5.26 Å². The molecule has 6 nitrogen and oxygen atoms in total. The standard InChI is InChI=1S/C18H11Cl2N5O/c19-13-5-2-6-14(20)17(13)23-18(26)15-7-8-16(25-24-15)22-12-4-1-3-11(9-12)10-21/h1-9H,(H,22,25)(H,23,26). The summed E-state index contributed by atoms with van der Waals surface area (Å²) in [6, 6.07) is 17.0. The van der Waals surface area contributed by atoms with E-state index >= 15 is 0 Å². The molecule has 0 atom stereocenters.